The lowest BCUT2D eigenvalue weighted by Crippen LogP contribution is -2.10. The Morgan fingerprint density at radius 2 is 1.74 bits per heavy atom. The van der Waals surface area contributed by atoms with Crippen LogP contribution in [0.2, 0.25) is 0 Å². The number of carboxylic acids is 2. The van der Waals surface area contributed by atoms with Crippen molar-refractivity contribution in [3.05, 3.63) is 54.0 Å². The summed E-state index contributed by atoms with van der Waals surface area (Å²) in [7, 11) is 0. The van der Waals surface area contributed by atoms with Crippen LogP contribution in [0.1, 0.15) is 16.1 Å². The van der Waals surface area contributed by atoms with Gasteiger partial charge < -0.3 is 21.1 Å². The smallest absolute Gasteiger partial charge is 0.358 e. The zero-order valence-electron chi connectivity index (χ0n) is 14.3. The zero-order valence-corrected chi connectivity index (χ0v) is 15.1. The second-order valence-corrected chi connectivity index (χ2v) is 6.32. The van der Waals surface area contributed by atoms with Gasteiger partial charge in [0.25, 0.3) is 0 Å². The zero-order chi connectivity index (χ0) is 20.0. The number of hydrogen-bond donors (Lipinski definition) is 4. The number of aliphatic carboxylic acids is 1. The molecule has 2 heterocycles. The number of hydrogen-bond acceptors (Lipinski definition) is 7. The predicted molar refractivity (Wildman–Crippen MR) is 101 cm³/mol. The number of nitrogens with two attached hydrogens (primary N) is 1. The summed E-state index contributed by atoms with van der Waals surface area (Å²) in [5.41, 5.74) is 6.41. The van der Waals surface area contributed by atoms with Crippen molar-refractivity contribution in [1.29, 1.82) is 0 Å². The SMILES string of the molecule is Cc1c(-c2cnc(-c3ccccc3)s2)cnc(C(=O)O)c1O.NCC(=O)O. The minimum atomic E-state index is -1.25. The molecule has 3 aromatic rings. The molecule has 0 saturated heterocycles. The van der Waals surface area contributed by atoms with E-state index >= 15 is 0 Å². The molecule has 1 aromatic carbocycles. The van der Waals surface area contributed by atoms with Crippen LogP contribution in [-0.2, 0) is 4.79 Å². The Morgan fingerprint density at radius 1 is 1.11 bits per heavy atom. The summed E-state index contributed by atoms with van der Waals surface area (Å²) in [6.45, 7) is 1.39. The molecule has 0 amide bonds. The number of nitrogens with zero attached hydrogens (tertiary/aromatic N) is 2. The van der Waals surface area contributed by atoms with Gasteiger partial charge in [-0.2, -0.15) is 0 Å². The van der Waals surface area contributed by atoms with E-state index in [0.29, 0.717) is 11.1 Å². The van der Waals surface area contributed by atoms with Crippen LogP contribution >= 0.6 is 11.3 Å². The fraction of sp³-hybridized carbons (Fsp3) is 0.111. The van der Waals surface area contributed by atoms with Gasteiger partial charge >= 0.3 is 11.9 Å². The number of thiazole rings is 1. The molecule has 0 aliphatic carbocycles. The molecule has 0 bridgehead atoms. The van der Waals surface area contributed by atoms with Gasteiger partial charge in [0.05, 0.1) is 11.4 Å². The minimum Gasteiger partial charge on any atom is -0.505 e. The maximum absolute atomic E-state index is 11.0. The van der Waals surface area contributed by atoms with Crippen LogP contribution in [-0.4, -0.2) is 43.8 Å². The molecule has 27 heavy (non-hydrogen) atoms. The fourth-order valence-electron chi connectivity index (χ4n) is 2.11. The molecule has 0 spiro atoms. The lowest BCUT2D eigenvalue weighted by molar-refractivity contribution is -0.135. The molecule has 0 aliphatic rings. The molecule has 0 unspecified atom stereocenters. The number of aromatic nitrogens is 2. The Balaban J connectivity index is 0.000000465. The van der Waals surface area contributed by atoms with Crippen molar-refractivity contribution in [2.24, 2.45) is 5.73 Å². The van der Waals surface area contributed by atoms with E-state index < -0.39 is 11.9 Å². The number of benzene rings is 1. The molecule has 0 fully saturated rings. The molecule has 0 saturated carbocycles. The van der Waals surface area contributed by atoms with Crippen molar-refractivity contribution < 1.29 is 24.9 Å². The molecular weight excluding hydrogens is 370 g/mol. The molecule has 9 heteroatoms. The van der Waals surface area contributed by atoms with Crippen LogP contribution in [0.4, 0.5) is 0 Å². The van der Waals surface area contributed by atoms with Crippen LogP contribution in [0.5, 0.6) is 5.75 Å². The van der Waals surface area contributed by atoms with Gasteiger partial charge in [-0.3, -0.25) is 4.79 Å². The Kier molecular flexibility index (Phi) is 6.58. The van der Waals surface area contributed by atoms with Gasteiger partial charge in [-0.05, 0) is 6.92 Å². The second-order valence-electron chi connectivity index (χ2n) is 5.29. The van der Waals surface area contributed by atoms with Crippen LogP contribution in [0.15, 0.2) is 42.7 Å². The topological polar surface area (TPSA) is 147 Å². The average Bonchev–Trinajstić information content (AvgIpc) is 3.14. The van der Waals surface area contributed by atoms with Gasteiger partial charge in [0.2, 0.25) is 0 Å². The van der Waals surface area contributed by atoms with E-state index in [9.17, 15) is 14.7 Å². The van der Waals surface area contributed by atoms with E-state index in [1.54, 1.807) is 13.1 Å². The third-order valence-electron chi connectivity index (χ3n) is 3.48. The summed E-state index contributed by atoms with van der Waals surface area (Å²) in [5.74, 6) is -2.52. The van der Waals surface area contributed by atoms with Crippen molar-refractivity contribution in [3.63, 3.8) is 0 Å². The Hall–Kier alpha value is -3.30. The highest BCUT2D eigenvalue weighted by atomic mass is 32.1. The largest absolute Gasteiger partial charge is 0.505 e. The molecule has 3 rings (SSSR count). The number of aromatic hydroxyl groups is 1. The van der Waals surface area contributed by atoms with Crippen LogP contribution in [0.3, 0.4) is 0 Å². The van der Waals surface area contributed by atoms with Crippen molar-refractivity contribution in [2.75, 3.05) is 6.54 Å². The highest BCUT2D eigenvalue weighted by molar-refractivity contribution is 7.18. The van der Waals surface area contributed by atoms with E-state index in [-0.39, 0.29) is 18.0 Å². The maximum Gasteiger partial charge on any atom is 0.358 e. The Labute approximate surface area is 158 Å². The molecule has 140 valence electrons. The van der Waals surface area contributed by atoms with Gasteiger partial charge in [-0.1, -0.05) is 30.3 Å². The van der Waals surface area contributed by atoms with Crippen molar-refractivity contribution in [1.82, 2.24) is 9.97 Å². The van der Waals surface area contributed by atoms with Gasteiger partial charge in [-0.15, -0.1) is 11.3 Å². The quantitative estimate of drug-likeness (QED) is 0.534. The Morgan fingerprint density at radius 3 is 2.30 bits per heavy atom. The van der Waals surface area contributed by atoms with Crippen molar-refractivity contribution >= 4 is 23.3 Å². The van der Waals surface area contributed by atoms with Gasteiger partial charge in [-0.25, -0.2) is 14.8 Å². The van der Waals surface area contributed by atoms with E-state index in [1.165, 1.54) is 17.5 Å². The average molecular weight is 387 g/mol. The maximum atomic E-state index is 11.0. The number of carbonyl (C=O) groups is 2. The molecule has 5 N–H and O–H groups in total. The summed E-state index contributed by atoms with van der Waals surface area (Å²) in [5, 5.41) is 27.4. The van der Waals surface area contributed by atoms with Gasteiger partial charge in [0, 0.05) is 29.1 Å². The number of pyridine rings is 1. The van der Waals surface area contributed by atoms with Crippen LogP contribution in [0.25, 0.3) is 21.0 Å². The first-order valence-electron chi connectivity index (χ1n) is 7.70. The third kappa shape index (κ3) is 4.87. The first-order chi connectivity index (χ1) is 12.8. The molecule has 8 nitrogen and oxygen atoms in total. The van der Waals surface area contributed by atoms with Gasteiger partial charge in [0.1, 0.15) is 5.01 Å². The molecule has 0 atom stereocenters. The number of carboxylic acid groups (broad SMARTS) is 2. The number of rotatable bonds is 4. The van der Waals surface area contributed by atoms with Crippen LogP contribution in [0, 0.1) is 6.92 Å². The molecular formula is C18H17N3O5S. The Bertz CT molecular complexity index is 957. The monoisotopic (exact) mass is 387 g/mol. The van der Waals surface area contributed by atoms with E-state index in [2.05, 4.69) is 15.7 Å². The van der Waals surface area contributed by atoms with E-state index in [4.69, 9.17) is 10.2 Å². The lowest BCUT2D eigenvalue weighted by atomic mass is 10.1. The summed E-state index contributed by atoms with van der Waals surface area (Å²) >= 11 is 1.47. The first kappa shape index (κ1) is 20.0. The highest BCUT2D eigenvalue weighted by Gasteiger charge is 2.18. The summed E-state index contributed by atoms with van der Waals surface area (Å²) < 4.78 is 0. The second kappa shape index (κ2) is 8.88. The highest BCUT2D eigenvalue weighted by Crippen LogP contribution is 2.36. The van der Waals surface area contributed by atoms with E-state index in [0.717, 1.165) is 15.4 Å². The summed E-state index contributed by atoms with van der Waals surface area (Å²) in [4.78, 5) is 29.3. The van der Waals surface area contributed by atoms with Crippen molar-refractivity contribution in [3.8, 4) is 26.8 Å². The lowest BCUT2D eigenvalue weighted by Gasteiger charge is -2.07. The first-order valence-corrected chi connectivity index (χ1v) is 8.52. The summed E-state index contributed by atoms with van der Waals surface area (Å²) in [6, 6.07) is 9.76. The fourth-order valence-corrected chi connectivity index (χ4v) is 3.10. The molecule has 0 radical (unpaired) electrons. The predicted octanol–water partition coefficient (Wildman–Crippen LogP) is 2.61. The number of aromatic carboxylic acids is 1. The minimum absolute atomic E-state index is 0.278. The van der Waals surface area contributed by atoms with E-state index in [1.807, 2.05) is 30.3 Å². The molecule has 0 aliphatic heterocycles. The summed E-state index contributed by atoms with van der Waals surface area (Å²) in [6.07, 6.45) is 3.16. The normalized spacial score (nSPS) is 10.0. The van der Waals surface area contributed by atoms with Crippen molar-refractivity contribution in [2.45, 2.75) is 6.92 Å². The molecule has 2 aromatic heterocycles. The van der Waals surface area contributed by atoms with Gasteiger partial charge in [0.15, 0.2) is 11.4 Å². The van der Waals surface area contributed by atoms with Crippen LogP contribution < -0.4 is 5.73 Å². The third-order valence-corrected chi connectivity index (χ3v) is 4.56. The standard InChI is InChI=1S/C16H12N2O3S.C2H5NO2/c1-9-11(7-17-13(14(9)19)16(20)21)12-8-18-15(22-12)10-5-3-2-4-6-10;3-1-2(4)5/h2-8,19H,1H3,(H,20,21);1,3H2,(H,4,5).